The Kier molecular flexibility index (Phi) is 6.16. The molecule has 0 unspecified atom stereocenters. The van der Waals surface area contributed by atoms with Crippen LogP contribution in [0.2, 0.25) is 0 Å². The van der Waals surface area contributed by atoms with Crippen LogP contribution in [0.3, 0.4) is 0 Å². The Morgan fingerprint density at radius 2 is 1.88 bits per heavy atom. The van der Waals surface area contributed by atoms with Crippen LogP contribution in [-0.4, -0.2) is 41.6 Å². The number of hydrazone groups is 1. The number of hydrogen-bond donors (Lipinski definition) is 2. The van der Waals surface area contributed by atoms with Crippen LogP contribution in [0.5, 0.6) is 0 Å². The van der Waals surface area contributed by atoms with Crippen LogP contribution >= 0.6 is 0 Å². The van der Waals surface area contributed by atoms with Crippen LogP contribution < -0.4 is 15.6 Å². The lowest BCUT2D eigenvalue weighted by Gasteiger charge is -2.13. The van der Waals surface area contributed by atoms with Crippen molar-refractivity contribution in [3.63, 3.8) is 0 Å². The Bertz CT molecular complexity index is 756. The number of carbonyl (C=O) groups excluding carboxylic acids is 2. The largest absolute Gasteiger partial charge is 0.378 e. The van der Waals surface area contributed by atoms with E-state index in [-0.39, 0.29) is 18.0 Å². The molecule has 0 aliphatic carbocycles. The van der Waals surface area contributed by atoms with E-state index in [1.165, 1.54) is 18.6 Å². The number of rotatable bonds is 6. The smallest absolute Gasteiger partial charge is 0.291 e. The third-order valence-electron chi connectivity index (χ3n) is 3.23. The maximum absolute atomic E-state index is 12.0. The summed E-state index contributed by atoms with van der Waals surface area (Å²) < 4.78 is 0. The highest BCUT2D eigenvalue weighted by atomic mass is 16.2. The number of nitrogens with one attached hydrogen (secondary N) is 2. The minimum Gasteiger partial charge on any atom is -0.378 e. The van der Waals surface area contributed by atoms with Gasteiger partial charge in [0.15, 0.2) is 0 Å². The predicted octanol–water partition coefficient (Wildman–Crippen LogP) is 1.68. The maximum Gasteiger partial charge on any atom is 0.291 e. The second-order valence-corrected chi connectivity index (χ2v) is 5.54. The molecular formula is C17H20N6O2. The van der Waals surface area contributed by atoms with E-state index in [4.69, 9.17) is 0 Å². The summed E-state index contributed by atoms with van der Waals surface area (Å²) in [4.78, 5) is 33.5. The van der Waals surface area contributed by atoms with Gasteiger partial charge in [-0.2, -0.15) is 5.10 Å². The quantitative estimate of drug-likeness (QED) is 0.615. The van der Waals surface area contributed by atoms with Gasteiger partial charge in [0.1, 0.15) is 5.69 Å². The highest BCUT2D eigenvalue weighted by molar-refractivity contribution is 6.06. The fourth-order valence-electron chi connectivity index (χ4n) is 1.94. The molecule has 1 heterocycles. The first-order chi connectivity index (χ1) is 12.0. The fourth-order valence-corrected chi connectivity index (χ4v) is 1.94. The van der Waals surface area contributed by atoms with Gasteiger partial charge in [0.2, 0.25) is 5.91 Å². The molecule has 0 radical (unpaired) electrons. The van der Waals surface area contributed by atoms with Crippen molar-refractivity contribution >= 4 is 28.9 Å². The Balaban J connectivity index is 1.85. The summed E-state index contributed by atoms with van der Waals surface area (Å²) >= 11 is 0. The van der Waals surface area contributed by atoms with Crippen LogP contribution in [-0.2, 0) is 4.79 Å². The van der Waals surface area contributed by atoms with E-state index in [0.717, 1.165) is 5.69 Å². The zero-order valence-electron chi connectivity index (χ0n) is 14.4. The summed E-state index contributed by atoms with van der Waals surface area (Å²) in [6, 6.07) is 7.49. The molecule has 2 aromatic rings. The van der Waals surface area contributed by atoms with Crippen molar-refractivity contribution in [2.24, 2.45) is 5.10 Å². The molecule has 1 aromatic carbocycles. The number of amides is 2. The Labute approximate surface area is 146 Å². The molecule has 8 heteroatoms. The van der Waals surface area contributed by atoms with Crippen molar-refractivity contribution in [3.05, 3.63) is 48.5 Å². The molecule has 2 amide bonds. The van der Waals surface area contributed by atoms with E-state index in [0.29, 0.717) is 11.4 Å². The van der Waals surface area contributed by atoms with E-state index in [1.807, 2.05) is 43.3 Å². The lowest BCUT2D eigenvalue weighted by molar-refractivity contribution is -0.115. The van der Waals surface area contributed by atoms with Crippen molar-refractivity contribution in [2.45, 2.75) is 13.3 Å². The molecule has 0 saturated heterocycles. The minimum absolute atomic E-state index is 0.0657. The number of aromatic nitrogens is 2. The maximum atomic E-state index is 12.0. The third kappa shape index (κ3) is 5.69. The average Bonchev–Trinajstić information content (AvgIpc) is 2.60. The van der Waals surface area contributed by atoms with Gasteiger partial charge in [-0.15, -0.1) is 0 Å². The van der Waals surface area contributed by atoms with Gasteiger partial charge in [-0.1, -0.05) is 0 Å². The number of nitrogens with zero attached hydrogens (tertiary/aromatic N) is 4. The molecule has 2 N–H and O–H groups in total. The average molecular weight is 340 g/mol. The van der Waals surface area contributed by atoms with E-state index >= 15 is 0 Å². The van der Waals surface area contributed by atoms with Gasteiger partial charge in [-0.3, -0.25) is 14.6 Å². The van der Waals surface area contributed by atoms with Crippen LogP contribution in [0.15, 0.2) is 48.0 Å². The summed E-state index contributed by atoms with van der Waals surface area (Å²) in [6.07, 6.45) is 4.29. The zero-order chi connectivity index (χ0) is 18.2. The van der Waals surface area contributed by atoms with E-state index in [9.17, 15) is 9.59 Å². The van der Waals surface area contributed by atoms with Gasteiger partial charge < -0.3 is 10.2 Å². The summed E-state index contributed by atoms with van der Waals surface area (Å²) in [7, 11) is 3.89. The summed E-state index contributed by atoms with van der Waals surface area (Å²) in [6.45, 7) is 1.66. The molecule has 8 nitrogen and oxygen atoms in total. The summed E-state index contributed by atoms with van der Waals surface area (Å²) in [5, 5.41) is 6.69. The molecule has 130 valence electrons. The Hall–Kier alpha value is -3.29. The van der Waals surface area contributed by atoms with Crippen LogP contribution in [0.25, 0.3) is 0 Å². The molecule has 0 fully saturated rings. The molecule has 0 spiro atoms. The summed E-state index contributed by atoms with van der Waals surface area (Å²) in [5.41, 5.74) is 4.72. The molecule has 1 aromatic heterocycles. The van der Waals surface area contributed by atoms with Crippen molar-refractivity contribution in [1.29, 1.82) is 0 Å². The van der Waals surface area contributed by atoms with Crippen molar-refractivity contribution in [2.75, 3.05) is 24.3 Å². The van der Waals surface area contributed by atoms with Gasteiger partial charge in [0.05, 0.1) is 12.6 Å². The first kappa shape index (κ1) is 18.1. The van der Waals surface area contributed by atoms with Crippen molar-refractivity contribution in [1.82, 2.24) is 15.4 Å². The fraction of sp³-hybridized carbons (Fsp3) is 0.235. The van der Waals surface area contributed by atoms with E-state index in [2.05, 4.69) is 25.8 Å². The number of carbonyl (C=O) groups is 2. The molecule has 25 heavy (non-hydrogen) atoms. The molecule has 0 saturated carbocycles. The topological polar surface area (TPSA) is 99.6 Å². The number of hydrogen-bond acceptors (Lipinski definition) is 6. The molecule has 0 aliphatic heterocycles. The second kappa shape index (κ2) is 8.53. The number of benzene rings is 1. The first-order valence-corrected chi connectivity index (χ1v) is 7.62. The first-order valence-electron chi connectivity index (χ1n) is 7.62. The number of anilines is 2. The van der Waals surface area contributed by atoms with Crippen molar-refractivity contribution in [3.8, 4) is 0 Å². The molecule has 0 atom stereocenters. The third-order valence-corrected chi connectivity index (χ3v) is 3.23. The molecule has 0 aliphatic rings. The van der Waals surface area contributed by atoms with Gasteiger partial charge in [-0.25, -0.2) is 10.4 Å². The van der Waals surface area contributed by atoms with Gasteiger partial charge in [0.25, 0.3) is 5.91 Å². The monoisotopic (exact) mass is 340 g/mol. The molecule has 2 rings (SSSR count). The SMILES string of the molecule is C/C(CC(=O)Nc1ccc(N(C)C)cc1)=N/NC(=O)c1cnccn1. The lowest BCUT2D eigenvalue weighted by Crippen LogP contribution is -2.22. The normalized spacial score (nSPS) is 10.9. The van der Waals surface area contributed by atoms with Crippen LogP contribution in [0.1, 0.15) is 23.8 Å². The molecular weight excluding hydrogens is 320 g/mol. The van der Waals surface area contributed by atoms with Crippen molar-refractivity contribution < 1.29 is 9.59 Å². The standard InChI is InChI=1S/C17H20N6O2/c1-12(21-22-17(25)15-11-18-8-9-19-15)10-16(24)20-13-4-6-14(7-5-13)23(2)3/h4-9,11H,10H2,1-3H3,(H,20,24)(H,22,25)/b21-12-. The van der Waals surface area contributed by atoms with Gasteiger partial charge >= 0.3 is 0 Å². The Morgan fingerprint density at radius 3 is 2.48 bits per heavy atom. The van der Waals surface area contributed by atoms with E-state index < -0.39 is 5.91 Å². The van der Waals surface area contributed by atoms with Crippen LogP contribution in [0.4, 0.5) is 11.4 Å². The van der Waals surface area contributed by atoms with Crippen LogP contribution in [0, 0.1) is 0 Å². The van der Waals surface area contributed by atoms with Gasteiger partial charge in [-0.05, 0) is 31.2 Å². The second-order valence-electron chi connectivity index (χ2n) is 5.54. The minimum atomic E-state index is -0.480. The zero-order valence-corrected chi connectivity index (χ0v) is 14.4. The predicted molar refractivity (Wildman–Crippen MR) is 96.6 cm³/mol. The lowest BCUT2D eigenvalue weighted by atomic mass is 10.2. The molecule has 0 bridgehead atoms. The van der Waals surface area contributed by atoms with Gasteiger partial charge in [0, 0.05) is 43.6 Å². The highest BCUT2D eigenvalue weighted by Gasteiger charge is 2.08. The summed E-state index contributed by atoms with van der Waals surface area (Å²) in [5.74, 6) is -0.695. The van der Waals surface area contributed by atoms with E-state index in [1.54, 1.807) is 6.92 Å². The Morgan fingerprint density at radius 1 is 1.16 bits per heavy atom. The highest BCUT2D eigenvalue weighted by Crippen LogP contribution is 2.15.